The van der Waals surface area contributed by atoms with Crippen LogP contribution in [0.1, 0.15) is 0 Å². The van der Waals surface area contributed by atoms with Crippen LogP contribution in [0.25, 0.3) is 9.65 Å². The molecule has 1 heterocycles. The fourth-order valence-corrected chi connectivity index (χ4v) is 4.00. The predicted octanol–water partition coefficient (Wildman–Crippen LogP) is 1.23. The van der Waals surface area contributed by atoms with Crippen LogP contribution in [0.15, 0.2) is 34.1 Å². The molecular formula is C9H8O3SSe. The number of rotatable bonds is 2. The third-order valence-corrected chi connectivity index (χ3v) is 5.13. The van der Waals surface area contributed by atoms with Gasteiger partial charge in [0, 0.05) is 0 Å². The van der Waals surface area contributed by atoms with E-state index in [9.17, 15) is 8.42 Å². The van der Waals surface area contributed by atoms with E-state index >= 15 is 0 Å². The molecule has 0 saturated carbocycles. The van der Waals surface area contributed by atoms with Crippen LogP contribution in [-0.4, -0.2) is 30.0 Å². The molecule has 1 aromatic heterocycles. The summed E-state index contributed by atoms with van der Waals surface area (Å²) in [6.07, 6.45) is 0. The molecule has 1 aromatic carbocycles. The first-order valence-corrected chi connectivity index (χ1v) is 7.17. The molecular weight excluding hydrogens is 267 g/mol. The molecule has 0 aliphatic rings. The molecule has 0 amide bonds. The van der Waals surface area contributed by atoms with E-state index in [-0.39, 0.29) is 19.4 Å². The summed E-state index contributed by atoms with van der Waals surface area (Å²) in [4.78, 5) is 2.28. The van der Waals surface area contributed by atoms with Crippen LogP contribution in [0.4, 0.5) is 0 Å². The molecule has 0 spiro atoms. The van der Waals surface area contributed by atoms with Crippen molar-refractivity contribution >= 4 is 34.3 Å². The molecule has 0 saturated heterocycles. The fourth-order valence-electron chi connectivity index (χ4n) is 1.27. The van der Waals surface area contributed by atoms with Crippen LogP contribution in [-0.2, 0) is 14.3 Å². The standard InChI is InChI=1S/C9H8O3SSe/c1-12-13(10,11)8-3-2-4-9-7(8)5-6-14-9/h2-6H,1H3. The molecule has 0 unspecified atom stereocenters. The van der Waals surface area contributed by atoms with Gasteiger partial charge in [0.2, 0.25) is 0 Å². The van der Waals surface area contributed by atoms with E-state index in [1.54, 1.807) is 12.1 Å². The Balaban J connectivity index is 2.81. The minimum absolute atomic E-state index is 0.259. The van der Waals surface area contributed by atoms with Gasteiger partial charge in [-0.1, -0.05) is 0 Å². The SMILES string of the molecule is COS(=O)(=O)c1cccc2[se]ccc12. The van der Waals surface area contributed by atoms with Crippen molar-refractivity contribution < 1.29 is 12.6 Å². The molecule has 0 fully saturated rings. The second-order valence-electron chi connectivity index (χ2n) is 2.71. The van der Waals surface area contributed by atoms with E-state index < -0.39 is 10.1 Å². The molecule has 0 aliphatic carbocycles. The van der Waals surface area contributed by atoms with Crippen molar-refractivity contribution in [2.45, 2.75) is 4.90 Å². The van der Waals surface area contributed by atoms with Crippen LogP contribution >= 0.6 is 0 Å². The molecule has 2 rings (SSSR count). The third kappa shape index (κ3) is 1.53. The van der Waals surface area contributed by atoms with Crippen molar-refractivity contribution in [3.8, 4) is 0 Å². The van der Waals surface area contributed by atoms with Gasteiger partial charge in [-0.3, -0.25) is 0 Å². The first-order chi connectivity index (χ1) is 6.65. The van der Waals surface area contributed by atoms with E-state index in [2.05, 4.69) is 4.18 Å². The van der Waals surface area contributed by atoms with E-state index in [0.29, 0.717) is 0 Å². The van der Waals surface area contributed by atoms with Crippen molar-refractivity contribution in [1.29, 1.82) is 0 Å². The van der Waals surface area contributed by atoms with Gasteiger partial charge < -0.3 is 0 Å². The maximum absolute atomic E-state index is 11.5. The van der Waals surface area contributed by atoms with E-state index in [4.69, 9.17) is 0 Å². The molecule has 3 nitrogen and oxygen atoms in total. The Labute approximate surface area is 88.2 Å². The predicted molar refractivity (Wildman–Crippen MR) is 55.1 cm³/mol. The van der Waals surface area contributed by atoms with Gasteiger partial charge in [0.05, 0.1) is 0 Å². The van der Waals surface area contributed by atoms with Gasteiger partial charge >= 0.3 is 88.1 Å². The van der Waals surface area contributed by atoms with Crippen molar-refractivity contribution in [3.05, 3.63) is 29.2 Å². The Morgan fingerprint density at radius 1 is 1.29 bits per heavy atom. The Kier molecular flexibility index (Phi) is 2.49. The normalized spacial score (nSPS) is 12.1. The summed E-state index contributed by atoms with van der Waals surface area (Å²) >= 11 is 0.259. The minimum atomic E-state index is -3.56. The van der Waals surface area contributed by atoms with E-state index in [1.165, 1.54) is 7.11 Å². The van der Waals surface area contributed by atoms with E-state index in [0.717, 1.165) is 9.65 Å². The first kappa shape index (κ1) is 9.93. The molecule has 0 radical (unpaired) electrons. The quantitative estimate of drug-likeness (QED) is 0.611. The fraction of sp³-hybridized carbons (Fsp3) is 0.111. The molecule has 5 heteroatoms. The number of hydrogen-bond acceptors (Lipinski definition) is 3. The van der Waals surface area contributed by atoms with Crippen molar-refractivity contribution in [1.82, 2.24) is 0 Å². The van der Waals surface area contributed by atoms with Crippen LogP contribution in [0.3, 0.4) is 0 Å². The summed E-state index contributed by atoms with van der Waals surface area (Å²) < 4.78 is 28.6. The maximum atomic E-state index is 11.5. The zero-order chi connectivity index (χ0) is 10.2. The topological polar surface area (TPSA) is 43.4 Å². The Morgan fingerprint density at radius 2 is 2.07 bits per heavy atom. The van der Waals surface area contributed by atoms with Gasteiger partial charge in [0.1, 0.15) is 0 Å². The summed E-state index contributed by atoms with van der Waals surface area (Å²) in [5, 5.41) is 0.786. The second-order valence-corrected chi connectivity index (χ2v) is 6.38. The Bertz CT molecular complexity index is 556. The van der Waals surface area contributed by atoms with Crippen LogP contribution in [0, 0.1) is 0 Å². The van der Waals surface area contributed by atoms with Crippen molar-refractivity contribution in [2.75, 3.05) is 7.11 Å². The van der Waals surface area contributed by atoms with Gasteiger partial charge in [-0.15, -0.1) is 0 Å². The average Bonchev–Trinajstić information content (AvgIpc) is 2.64. The Morgan fingerprint density at radius 3 is 2.79 bits per heavy atom. The Hall–Kier alpha value is -0.611. The zero-order valence-electron chi connectivity index (χ0n) is 7.43. The van der Waals surface area contributed by atoms with Gasteiger partial charge in [-0.05, 0) is 0 Å². The molecule has 0 N–H and O–H groups in total. The number of fused-ring (bicyclic) bond motifs is 1. The summed E-state index contributed by atoms with van der Waals surface area (Å²) in [6.45, 7) is 0. The molecule has 74 valence electrons. The summed E-state index contributed by atoms with van der Waals surface area (Å²) in [5.41, 5.74) is 0. The van der Waals surface area contributed by atoms with Crippen molar-refractivity contribution in [2.24, 2.45) is 0 Å². The second kappa shape index (κ2) is 3.51. The number of hydrogen-bond donors (Lipinski definition) is 0. The van der Waals surface area contributed by atoms with Gasteiger partial charge in [-0.25, -0.2) is 0 Å². The zero-order valence-corrected chi connectivity index (χ0v) is 9.96. The molecule has 0 atom stereocenters. The number of benzene rings is 1. The van der Waals surface area contributed by atoms with Crippen LogP contribution in [0.5, 0.6) is 0 Å². The first-order valence-electron chi connectivity index (χ1n) is 3.92. The molecule has 0 bridgehead atoms. The van der Waals surface area contributed by atoms with Crippen LogP contribution in [0.2, 0.25) is 0 Å². The van der Waals surface area contributed by atoms with Gasteiger partial charge in [0.15, 0.2) is 0 Å². The summed E-state index contributed by atoms with van der Waals surface area (Å²) in [5.74, 6) is 0. The van der Waals surface area contributed by atoms with Crippen LogP contribution < -0.4 is 0 Å². The third-order valence-electron chi connectivity index (χ3n) is 1.94. The summed E-state index contributed by atoms with van der Waals surface area (Å²) in [7, 11) is -2.39. The molecule has 0 aliphatic heterocycles. The van der Waals surface area contributed by atoms with Gasteiger partial charge in [0.25, 0.3) is 0 Å². The average molecular weight is 275 g/mol. The molecule has 2 aromatic rings. The van der Waals surface area contributed by atoms with E-state index in [1.807, 2.05) is 17.1 Å². The summed E-state index contributed by atoms with van der Waals surface area (Å²) in [6, 6.07) is 7.12. The monoisotopic (exact) mass is 276 g/mol. The molecule has 14 heavy (non-hydrogen) atoms. The van der Waals surface area contributed by atoms with Crippen molar-refractivity contribution in [3.63, 3.8) is 0 Å². The van der Waals surface area contributed by atoms with Gasteiger partial charge in [-0.2, -0.15) is 0 Å².